The fraction of sp³-hybridized carbons (Fsp3) is 0.385. The Bertz CT molecular complexity index is 531. The fourth-order valence-corrected chi connectivity index (χ4v) is 2.06. The van der Waals surface area contributed by atoms with Crippen molar-refractivity contribution in [1.82, 2.24) is 4.90 Å². The van der Waals surface area contributed by atoms with Crippen LogP contribution in [0.1, 0.15) is 10.4 Å². The minimum absolute atomic E-state index is 0.00117. The molecule has 1 atom stereocenters. The van der Waals surface area contributed by atoms with E-state index in [9.17, 15) is 19.8 Å². The highest BCUT2D eigenvalue weighted by atomic mass is 16.5. The smallest absolute Gasteiger partial charge is 0.237 e. The number of carbonyl (C=O) groups is 2. The summed E-state index contributed by atoms with van der Waals surface area (Å²) < 4.78 is 5.17. The topological polar surface area (TPSA) is 113 Å². The zero-order valence-corrected chi connectivity index (χ0v) is 10.8. The van der Waals surface area contributed by atoms with Gasteiger partial charge in [-0.3, -0.25) is 14.5 Å². The van der Waals surface area contributed by atoms with Crippen LogP contribution in [0, 0.1) is 0 Å². The number of hydrogen-bond donors (Lipinski definition) is 3. The van der Waals surface area contributed by atoms with Crippen LogP contribution in [0.3, 0.4) is 0 Å². The number of amides is 1. The summed E-state index contributed by atoms with van der Waals surface area (Å²) >= 11 is 0. The number of primary amides is 1. The Morgan fingerprint density at radius 3 is 2.75 bits per heavy atom. The number of hydrogen-bond acceptors (Lipinski definition) is 6. The van der Waals surface area contributed by atoms with E-state index in [0.29, 0.717) is 13.2 Å². The molecule has 20 heavy (non-hydrogen) atoms. The molecule has 0 bridgehead atoms. The van der Waals surface area contributed by atoms with E-state index < -0.39 is 11.9 Å². The normalized spacial score (nSPS) is 19.7. The molecule has 7 nitrogen and oxygen atoms in total. The highest BCUT2D eigenvalue weighted by molar-refractivity contribution is 5.98. The molecule has 1 aliphatic rings. The Labute approximate surface area is 115 Å². The minimum Gasteiger partial charge on any atom is -0.504 e. The fourth-order valence-electron chi connectivity index (χ4n) is 2.06. The largest absolute Gasteiger partial charge is 0.504 e. The molecule has 1 aromatic carbocycles. The molecule has 0 aromatic heterocycles. The van der Waals surface area contributed by atoms with Crippen LogP contribution in [-0.2, 0) is 9.53 Å². The summed E-state index contributed by atoms with van der Waals surface area (Å²) in [5.74, 6) is -1.45. The molecule has 2 rings (SSSR count). The van der Waals surface area contributed by atoms with Gasteiger partial charge in [-0.05, 0) is 18.2 Å². The summed E-state index contributed by atoms with van der Waals surface area (Å²) in [6.45, 7) is 1.03. The lowest BCUT2D eigenvalue weighted by atomic mass is 10.1. The van der Waals surface area contributed by atoms with Gasteiger partial charge in [0.1, 0.15) is 6.04 Å². The quantitative estimate of drug-likeness (QED) is 0.504. The van der Waals surface area contributed by atoms with Crippen LogP contribution in [0.5, 0.6) is 11.5 Å². The number of morpholine rings is 1. The van der Waals surface area contributed by atoms with Crippen LogP contribution in [0.15, 0.2) is 18.2 Å². The molecular weight excluding hydrogens is 264 g/mol. The number of ketones is 1. The number of ether oxygens (including phenoxy) is 1. The molecule has 0 aliphatic carbocycles. The van der Waals surface area contributed by atoms with Crippen molar-refractivity contribution in [2.24, 2.45) is 5.73 Å². The number of benzene rings is 1. The minimum atomic E-state index is -0.626. The first-order valence-corrected chi connectivity index (χ1v) is 6.15. The maximum absolute atomic E-state index is 12.1. The van der Waals surface area contributed by atoms with E-state index in [4.69, 9.17) is 10.5 Å². The summed E-state index contributed by atoms with van der Waals surface area (Å²) in [7, 11) is 0. The lowest BCUT2D eigenvalue weighted by Crippen LogP contribution is -2.53. The maximum Gasteiger partial charge on any atom is 0.237 e. The standard InChI is InChI=1S/C13H16N2O5/c14-13(19)9-7-20-4-3-15(9)6-12(18)8-1-2-10(16)11(17)5-8/h1-2,5,9,16-17H,3-4,6-7H2,(H2,14,19). The molecule has 4 N–H and O–H groups in total. The van der Waals surface area contributed by atoms with Gasteiger partial charge < -0.3 is 20.7 Å². The van der Waals surface area contributed by atoms with E-state index in [1.807, 2.05) is 0 Å². The number of phenolic OH excluding ortho intramolecular Hbond substituents is 2. The Balaban J connectivity index is 2.09. The average molecular weight is 280 g/mol. The van der Waals surface area contributed by atoms with Crippen molar-refractivity contribution in [1.29, 1.82) is 0 Å². The third kappa shape index (κ3) is 3.06. The van der Waals surface area contributed by atoms with E-state index in [1.165, 1.54) is 18.2 Å². The Morgan fingerprint density at radius 1 is 1.35 bits per heavy atom. The molecule has 1 aromatic rings. The van der Waals surface area contributed by atoms with Crippen molar-refractivity contribution in [3.8, 4) is 11.5 Å². The van der Waals surface area contributed by atoms with Crippen molar-refractivity contribution in [2.75, 3.05) is 26.3 Å². The molecule has 1 unspecified atom stereocenters. The van der Waals surface area contributed by atoms with Gasteiger partial charge in [0.15, 0.2) is 17.3 Å². The maximum atomic E-state index is 12.1. The number of nitrogens with two attached hydrogens (primary N) is 1. The Kier molecular flexibility index (Phi) is 4.21. The average Bonchev–Trinajstić information content (AvgIpc) is 2.42. The highest BCUT2D eigenvalue weighted by Gasteiger charge is 2.29. The van der Waals surface area contributed by atoms with Gasteiger partial charge in [-0.1, -0.05) is 0 Å². The number of rotatable bonds is 4. The number of aromatic hydroxyl groups is 2. The van der Waals surface area contributed by atoms with Gasteiger partial charge in [-0.15, -0.1) is 0 Å². The van der Waals surface area contributed by atoms with Gasteiger partial charge in [0.05, 0.1) is 19.8 Å². The molecule has 1 heterocycles. The van der Waals surface area contributed by atoms with Gasteiger partial charge in [0.2, 0.25) is 5.91 Å². The Morgan fingerprint density at radius 2 is 2.10 bits per heavy atom. The molecule has 1 amide bonds. The first-order valence-electron chi connectivity index (χ1n) is 6.15. The predicted molar refractivity (Wildman–Crippen MR) is 69.5 cm³/mol. The SMILES string of the molecule is NC(=O)C1COCCN1CC(=O)c1ccc(O)c(O)c1. The molecule has 0 spiro atoms. The number of carbonyl (C=O) groups excluding carboxylic acids is 2. The van der Waals surface area contributed by atoms with E-state index in [0.717, 1.165) is 0 Å². The summed E-state index contributed by atoms with van der Waals surface area (Å²) in [5, 5.41) is 18.6. The number of nitrogens with zero attached hydrogens (tertiary/aromatic N) is 1. The highest BCUT2D eigenvalue weighted by Crippen LogP contribution is 2.25. The molecule has 1 fully saturated rings. The van der Waals surface area contributed by atoms with Crippen molar-refractivity contribution in [3.63, 3.8) is 0 Å². The summed E-state index contributed by atoms with van der Waals surface area (Å²) in [6.07, 6.45) is 0. The van der Waals surface area contributed by atoms with Gasteiger partial charge in [0.25, 0.3) is 0 Å². The van der Waals surface area contributed by atoms with Crippen molar-refractivity contribution in [2.45, 2.75) is 6.04 Å². The zero-order valence-electron chi connectivity index (χ0n) is 10.8. The molecule has 0 saturated carbocycles. The van der Waals surface area contributed by atoms with Crippen molar-refractivity contribution < 1.29 is 24.5 Å². The Hall–Kier alpha value is -2.12. The van der Waals surface area contributed by atoms with E-state index >= 15 is 0 Å². The van der Waals surface area contributed by atoms with Gasteiger partial charge in [0, 0.05) is 12.1 Å². The summed E-state index contributed by atoms with van der Waals surface area (Å²) in [6, 6.07) is 3.22. The first kappa shape index (κ1) is 14.3. The van der Waals surface area contributed by atoms with Crippen LogP contribution >= 0.6 is 0 Å². The number of phenols is 2. The van der Waals surface area contributed by atoms with Crippen LogP contribution in [0.2, 0.25) is 0 Å². The van der Waals surface area contributed by atoms with Gasteiger partial charge in [-0.2, -0.15) is 0 Å². The third-order valence-corrected chi connectivity index (χ3v) is 3.21. The van der Waals surface area contributed by atoms with Gasteiger partial charge >= 0.3 is 0 Å². The van der Waals surface area contributed by atoms with Gasteiger partial charge in [-0.25, -0.2) is 0 Å². The summed E-state index contributed by atoms with van der Waals surface area (Å²) in [5.41, 5.74) is 5.53. The molecule has 0 radical (unpaired) electrons. The second-order valence-corrected chi connectivity index (χ2v) is 4.59. The molecule has 1 saturated heterocycles. The molecule has 108 valence electrons. The monoisotopic (exact) mass is 280 g/mol. The first-order chi connectivity index (χ1) is 9.49. The number of Topliss-reactive ketones (excluding diaryl/α,β-unsaturated/α-hetero) is 1. The predicted octanol–water partition coefficient (Wildman–Crippen LogP) is -0.533. The lowest BCUT2D eigenvalue weighted by Gasteiger charge is -2.32. The van der Waals surface area contributed by atoms with Crippen LogP contribution in [-0.4, -0.2) is 59.1 Å². The third-order valence-electron chi connectivity index (χ3n) is 3.21. The zero-order chi connectivity index (χ0) is 14.7. The van der Waals surface area contributed by atoms with Crippen molar-refractivity contribution >= 4 is 11.7 Å². The lowest BCUT2D eigenvalue weighted by molar-refractivity contribution is -0.128. The van der Waals surface area contributed by atoms with Crippen LogP contribution in [0.4, 0.5) is 0 Å². The van der Waals surface area contributed by atoms with E-state index in [2.05, 4.69) is 0 Å². The van der Waals surface area contributed by atoms with Crippen LogP contribution in [0.25, 0.3) is 0 Å². The van der Waals surface area contributed by atoms with E-state index in [-0.39, 0.29) is 36.0 Å². The second kappa shape index (κ2) is 5.89. The molecular formula is C13H16N2O5. The second-order valence-electron chi connectivity index (χ2n) is 4.59. The van der Waals surface area contributed by atoms with Crippen molar-refractivity contribution in [3.05, 3.63) is 23.8 Å². The van der Waals surface area contributed by atoms with Crippen LogP contribution < -0.4 is 5.73 Å². The molecule has 1 aliphatic heterocycles. The molecule has 7 heteroatoms. The summed E-state index contributed by atoms with van der Waals surface area (Å²) in [4.78, 5) is 25.1. The van der Waals surface area contributed by atoms with E-state index in [1.54, 1.807) is 4.90 Å².